The van der Waals surface area contributed by atoms with Gasteiger partial charge in [0.1, 0.15) is 5.82 Å². The average molecular weight is 310 g/mol. The molecule has 1 aromatic heterocycles. The van der Waals surface area contributed by atoms with Gasteiger partial charge in [-0.05, 0) is 36.6 Å². The van der Waals surface area contributed by atoms with Crippen molar-refractivity contribution < 1.29 is 4.39 Å². The SMILES string of the molecule is CCC(CC)n1ccc(CC(N)c2ccc(F)cc2Cl)n1. The minimum Gasteiger partial charge on any atom is -0.324 e. The van der Waals surface area contributed by atoms with E-state index in [2.05, 4.69) is 18.9 Å². The van der Waals surface area contributed by atoms with Crippen molar-refractivity contribution in [3.63, 3.8) is 0 Å². The van der Waals surface area contributed by atoms with Gasteiger partial charge in [0.2, 0.25) is 0 Å². The lowest BCUT2D eigenvalue weighted by atomic mass is 10.0. The maximum Gasteiger partial charge on any atom is 0.124 e. The van der Waals surface area contributed by atoms with Crippen LogP contribution in [-0.4, -0.2) is 9.78 Å². The van der Waals surface area contributed by atoms with Crippen molar-refractivity contribution in [2.24, 2.45) is 5.73 Å². The van der Waals surface area contributed by atoms with Crippen LogP contribution in [0.1, 0.15) is 50.0 Å². The van der Waals surface area contributed by atoms with Crippen LogP contribution >= 0.6 is 11.6 Å². The molecule has 0 amide bonds. The molecule has 0 bridgehead atoms. The lowest BCUT2D eigenvalue weighted by Crippen LogP contribution is -2.15. The Morgan fingerprint density at radius 1 is 1.29 bits per heavy atom. The molecule has 0 aliphatic heterocycles. The fourth-order valence-corrected chi connectivity index (χ4v) is 2.80. The van der Waals surface area contributed by atoms with E-state index in [0.29, 0.717) is 17.5 Å². The number of rotatable bonds is 6. The van der Waals surface area contributed by atoms with Gasteiger partial charge in [0.25, 0.3) is 0 Å². The van der Waals surface area contributed by atoms with Crippen LogP contribution in [0.2, 0.25) is 5.02 Å². The first-order chi connectivity index (χ1) is 10.0. The molecule has 1 atom stereocenters. The zero-order chi connectivity index (χ0) is 15.4. The Morgan fingerprint density at radius 3 is 2.62 bits per heavy atom. The van der Waals surface area contributed by atoms with Crippen LogP contribution in [0.3, 0.4) is 0 Å². The van der Waals surface area contributed by atoms with Crippen molar-refractivity contribution in [3.05, 3.63) is 52.6 Å². The number of nitrogens with zero attached hydrogens (tertiary/aromatic N) is 2. The second-order valence-corrected chi connectivity index (χ2v) is 5.64. The van der Waals surface area contributed by atoms with Gasteiger partial charge in [-0.2, -0.15) is 5.10 Å². The third-order valence-corrected chi connectivity index (χ3v) is 4.10. The maximum absolute atomic E-state index is 13.1. The topological polar surface area (TPSA) is 43.8 Å². The van der Waals surface area contributed by atoms with Crippen LogP contribution in [0.15, 0.2) is 30.5 Å². The summed E-state index contributed by atoms with van der Waals surface area (Å²) < 4.78 is 15.1. The van der Waals surface area contributed by atoms with Gasteiger partial charge in [0, 0.05) is 23.7 Å². The summed E-state index contributed by atoms with van der Waals surface area (Å²) in [7, 11) is 0. The predicted molar refractivity (Wildman–Crippen MR) is 83.9 cm³/mol. The highest BCUT2D eigenvalue weighted by Crippen LogP contribution is 2.25. The van der Waals surface area contributed by atoms with Crippen molar-refractivity contribution in [1.82, 2.24) is 9.78 Å². The molecule has 114 valence electrons. The number of nitrogens with two attached hydrogens (primary N) is 1. The first-order valence-corrected chi connectivity index (χ1v) is 7.67. The summed E-state index contributed by atoms with van der Waals surface area (Å²) in [5, 5.41) is 4.95. The summed E-state index contributed by atoms with van der Waals surface area (Å²) in [5.74, 6) is -0.353. The average Bonchev–Trinajstić information content (AvgIpc) is 2.88. The molecule has 0 fully saturated rings. The molecule has 0 saturated carbocycles. The van der Waals surface area contributed by atoms with E-state index >= 15 is 0 Å². The highest BCUT2D eigenvalue weighted by atomic mass is 35.5. The Kier molecular flexibility index (Phi) is 5.37. The zero-order valence-electron chi connectivity index (χ0n) is 12.4. The molecule has 0 aliphatic carbocycles. The van der Waals surface area contributed by atoms with Crippen molar-refractivity contribution in [2.75, 3.05) is 0 Å². The minimum atomic E-state index is -0.353. The van der Waals surface area contributed by atoms with Crippen LogP contribution in [0.25, 0.3) is 0 Å². The molecule has 2 N–H and O–H groups in total. The van der Waals surface area contributed by atoms with Gasteiger partial charge in [0.15, 0.2) is 0 Å². The van der Waals surface area contributed by atoms with Crippen molar-refractivity contribution in [3.8, 4) is 0 Å². The van der Waals surface area contributed by atoms with Gasteiger partial charge in [-0.3, -0.25) is 4.68 Å². The highest BCUT2D eigenvalue weighted by molar-refractivity contribution is 6.31. The standard InChI is InChI=1S/C16H21ClFN3/c1-3-13(4-2)21-8-7-12(20-21)10-16(19)14-6-5-11(18)9-15(14)17/h5-9,13,16H,3-4,10,19H2,1-2H3. The van der Waals surface area contributed by atoms with E-state index in [1.54, 1.807) is 6.07 Å². The molecule has 0 spiro atoms. The first-order valence-electron chi connectivity index (χ1n) is 7.29. The Bertz CT molecular complexity index is 593. The van der Waals surface area contributed by atoms with Crippen molar-refractivity contribution in [1.29, 1.82) is 0 Å². The summed E-state index contributed by atoms with van der Waals surface area (Å²) in [6.45, 7) is 4.30. The van der Waals surface area contributed by atoms with Gasteiger partial charge >= 0.3 is 0 Å². The summed E-state index contributed by atoms with van der Waals surface area (Å²) in [6, 6.07) is 6.42. The molecule has 5 heteroatoms. The van der Waals surface area contributed by atoms with Crippen LogP contribution in [0, 0.1) is 5.82 Å². The number of aromatic nitrogens is 2. The minimum absolute atomic E-state index is 0.289. The number of benzene rings is 1. The molecular weight excluding hydrogens is 289 g/mol. The number of hydrogen-bond acceptors (Lipinski definition) is 2. The molecule has 2 aromatic rings. The summed E-state index contributed by atoms with van der Waals surface area (Å²) in [4.78, 5) is 0. The van der Waals surface area contributed by atoms with Crippen LogP contribution in [0.5, 0.6) is 0 Å². The Balaban J connectivity index is 2.11. The fraction of sp³-hybridized carbons (Fsp3) is 0.438. The van der Waals surface area contributed by atoms with E-state index in [0.717, 1.165) is 24.1 Å². The molecule has 0 aliphatic rings. The second kappa shape index (κ2) is 7.05. The van der Waals surface area contributed by atoms with E-state index in [1.165, 1.54) is 12.1 Å². The normalized spacial score (nSPS) is 12.9. The Labute approximate surface area is 129 Å². The van der Waals surface area contributed by atoms with Gasteiger partial charge in [-0.15, -0.1) is 0 Å². The second-order valence-electron chi connectivity index (χ2n) is 5.23. The lowest BCUT2D eigenvalue weighted by molar-refractivity contribution is 0.424. The summed E-state index contributed by atoms with van der Waals surface area (Å²) >= 11 is 6.05. The molecule has 21 heavy (non-hydrogen) atoms. The molecule has 1 heterocycles. The number of hydrogen-bond donors (Lipinski definition) is 1. The van der Waals surface area contributed by atoms with Gasteiger partial charge in [0.05, 0.1) is 11.7 Å². The monoisotopic (exact) mass is 309 g/mol. The van der Waals surface area contributed by atoms with E-state index in [4.69, 9.17) is 17.3 Å². The van der Waals surface area contributed by atoms with E-state index in [9.17, 15) is 4.39 Å². The largest absolute Gasteiger partial charge is 0.324 e. The van der Waals surface area contributed by atoms with Gasteiger partial charge in [-0.1, -0.05) is 31.5 Å². The Morgan fingerprint density at radius 2 is 2.00 bits per heavy atom. The van der Waals surface area contributed by atoms with Crippen LogP contribution in [0.4, 0.5) is 4.39 Å². The predicted octanol–water partition coefficient (Wildman–Crippen LogP) is 4.28. The first kappa shape index (κ1) is 16.0. The quantitative estimate of drug-likeness (QED) is 0.865. The zero-order valence-corrected chi connectivity index (χ0v) is 13.1. The third-order valence-electron chi connectivity index (χ3n) is 3.77. The fourth-order valence-electron chi connectivity index (χ4n) is 2.49. The van der Waals surface area contributed by atoms with Gasteiger partial charge in [-0.25, -0.2) is 4.39 Å². The molecule has 2 rings (SSSR count). The molecule has 0 radical (unpaired) electrons. The van der Waals surface area contributed by atoms with Gasteiger partial charge < -0.3 is 5.73 Å². The van der Waals surface area contributed by atoms with Crippen LogP contribution < -0.4 is 5.73 Å². The molecular formula is C16H21ClFN3. The van der Waals surface area contributed by atoms with Crippen molar-refractivity contribution in [2.45, 2.75) is 45.2 Å². The van der Waals surface area contributed by atoms with E-state index in [-0.39, 0.29) is 11.9 Å². The summed E-state index contributed by atoms with van der Waals surface area (Å²) in [5.41, 5.74) is 7.84. The number of halogens is 2. The molecule has 1 aromatic carbocycles. The summed E-state index contributed by atoms with van der Waals surface area (Å²) in [6.07, 6.45) is 4.67. The Hall–Kier alpha value is -1.39. The van der Waals surface area contributed by atoms with Crippen molar-refractivity contribution >= 4 is 11.6 Å². The maximum atomic E-state index is 13.1. The smallest absolute Gasteiger partial charge is 0.124 e. The molecule has 3 nitrogen and oxygen atoms in total. The third kappa shape index (κ3) is 3.83. The lowest BCUT2D eigenvalue weighted by Gasteiger charge is -2.14. The molecule has 1 unspecified atom stereocenters. The van der Waals surface area contributed by atoms with E-state index in [1.807, 2.05) is 16.9 Å². The highest BCUT2D eigenvalue weighted by Gasteiger charge is 2.14. The molecule has 0 saturated heterocycles. The van der Waals surface area contributed by atoms with E-state index < -0.39 is 0 Å². The van der Waals surface area contributed by atoms with Crippen LogP contribution in [-0.2, 0) is 6.42 Å².